The summed E-state index contributed by atoms with van der Waals surface area (Å²) in [5.74, 6) is 1.69. The Hall–Kier alpha value is -2.38. The molecule has 2 aromatic heterocycles. The van der Waals surface area contributed by atoms with Gasteiger partial charge in [0.15, 0.2) is 0 Å². The van der Waals surface area contributed by atoms with Crippen molar-refractivity contribution in [3.8, 4) is 0 Å². The van der Waals surface area contributed by atoms with E-state index < -0.39 is 0 Å². The third-order valence-electron chi connectivity index (χ3n) is 5.50. The molecule has 1 amide bonds. The molecule has 0 aromatic carbocycles. The molecule has 2 aliphatic heterocycles. The van der Waals surface area contributed by atoms with Gasteiger partial charge in [0.2, 0.25) is 0 Å². The van der Waals surface area contributed by atoms with Crippen molar-refractivity contribution in [1.82, 2.24) is 15.2 Å². The molecule has 0 aliphatic carbocycles. The lowest BCUT2D eigenvalue weighted by Gasteiger charge is -2.33. The molecule has 7 nitrogen and oxygen atoms in total. The maximum absolute atomic E-state index is 12.7. The van der Waals surface area contributed by atoms with E-state index in [1.165, 1.54) is 19.3 Å². The summed E-state index contributed by atoms with van der Waals surface area (Å²) in [7, 11) is 0. The van der Waals surface area contributed by atoms with Crippen molar-refractivity contribution < 1.29 is 13.9 Å². The second-order valence-corrected chi connectivity index (χ2v) is 7.34. The molecule has 7 heteroatoms. The van der Waals surface area contributed by atoms with Crippen molar-refractivity contribution >= 4 is 11.7 Å². The Bertz CT molecular complexity index is 736. The topological polar surface area (TPSA) is 70.8 Å². The first-order chi connectivity index (χ1) is 13.8. The number of piperidine rings is 1. The molecule has 2 fully saturated rings. The molecule has 4 heterocycles. The van der Waals surface area contributed by atoms with E-state index in [2.05, 4.69) is 20.1 Å². The minimum Gasteiger partial charge on any atom is -0.468 e. The molecule has 2 aliphatic rings. The van der Waals surface area contributed by atoms with Crippen molar-refractivity contribution in [2.24, 2.45) is 0 Å². The van der Waals surface area contributed by atoms with Gasteiger partial charge in [-0.05, 0) is 50.2 Å². The second-order valence-electron chi connectivity index (χ2n) is 7.34. The number of pyridine rings is 1. The smallest absolute Gasteiger partial charge is 0.252 e. The first kappa shape index (κ1) is 19.0. The van der Waals surface area contributed by atoms with Gasteiger partial charge >= 0.3 is 0 Å². The summed E-state index contributed by atoms with van der Waals surface area (Å²) < 4.78 is 11.0. The van der Waals surface area contributed by atoms with Crippen molar-refractivity contribution in [3.63, 3.8) is 0 Å². The number of morpholine rings is 1. The van der Waals surface area contributed by atoms with Crippen molar-refractivity contribution in [2.45, 2.75) is 25.3 Å². The lowest BCUT2D eigenvalue weighted by atomic mass is 10.1. The van der Waals surface area contributed by atoms with Crippen LogP contribution in [0.2, 0.25) is 0 Å². The van der Waals surface area contributed by atoms with Crippen LogP contribution in [-0.4, -0.2) is 61.7 Å². The van der Waals surface area contributed by atoms with E-state index in [9.17, 15) is 4.79 Å². The standard InChI is InChI=1S/C21H28N4O3/c26-21(17-6-7-20(22-15-17)25-10-13-27-14-11-25)23-16-18(19-5-4-12-28-19)24-8-2-1-3-9-24/h4-7,12,15,18H,1-3,8-11,13-14,16H2,(H,23,26). The number of likely N-dealkylation sites (tertiary alicyclic amines) is 1. The van der Waals surface area contributed by atoms with Gasteiger partial charge in [0.25, 0.3) is 5.91 Å². The molecule has 4 rings (SSSR count). The number of nitrogens with zero attached hydrogens (tertiary/aromatic N) is 3. The number of carbonyl (C=O) groups is 1. The van der Waals surface area contributed by atoms with Crippen molar-refractivity contribution in [2.75, 3.05) is 50.8 Å². The summed E-state index contributed by atoms with van der Waals surface area (Å²) >= 11 is 0. The fourth-order valence-corrected chi connectivity index (χ4v) is 3.91. The average Bonchev–Trinajstić information content (AvgIpc) is 3.30. The van der Waals surface area contributed by atoms with Gasteiger partial charge in [0, 0.05) is 25.8 Å². The van der Waals surface area contributed by atoms with Crippen LogP contribution in [0.5, 0.6) is 0 Å². The van der Waals surface area contributed by atoms with E-state index in [0.717, 1.165) is 37.8 Å². The van der Waals surface area contributed by atoms with Gasteiger partial charge < -0.3 is 19.4 Å². The summed E-state index contributed by atoms with van der Waals surface area (Å²) in [5, 5.41) is 3.07. The van der Waals surface area contributed by atoms with Crippen LogP contribution in [0.1, 0.15) is 41.4 Å². The predicted octanol–water partition coefficient (Wildman–Crippen LogP) is 2.47. The molecule has 1 N–H and O–H groups in total. The monoisotopic (exact) mass is 384 g/mol. The zero-order valence-electron chi connectivity index (χ0n) is 16.2. The van der Waals surface area contributed by atoms with Gasteiger partial charge in [-0.2, -0.15) is 0 Å². The average molecular weight is 384 g/mol. The normalized spacial score (nSPS) is 19.4. The number of carbonyl (C=O) groups excluding carboxylic acids is 1. The Balaban J connectivity index is 1.37. The fraction of sp³-hybridized carbons (Fsp3) is 0.524. The molecule has 0 bridgehead atoms. The molecule has 0 saturated carbocycles. The van der Waals surface area contributed by atoms with Crippen LogP contribution in [-0.2, 0) is 4.74 Å². The van der Waals surface area contributed by atoms with E-state index in [1.807, 2.05) is 24.3 Å². The lowest BCUT2D eigenvalue weighted by Crippen LogP contribution is -2.40. The lowest BCUT2D eigenvalue weighted by molar-refractivity contribution is 0.0913. The molecule has 0 spiro atoms. The fourth-order valence-electron chi connectivity index (χ4n) is 3.91. The Morgan fingerprint density at radius 2 is 1.93 bits per heavy atom. The molecule has 2 saturated heterocycles. The first-order valence-corrected chi connectivity index (χ1v) is 10.2. The van der Waals surface area contributed by atoms with Gasteiger partial charge in [-0.15, -0.1) is 0 Å². The number of amides is 1. The van der Waals surface area contributed by atoms with Crippen LogP contribution in [0.15, 0.2) is 41.1 Å². The van der Waals surface area contributed by atoms with Gasteiger partial charge in [0.1, 0.15) is 11.6 Å². The summed E-state index contributed by atoms with van der Waals surface area (Å²) in [4.78, 5) is 21.7. The highest BCUT2D eigenvalue weighted by atomic mass is 16.5. The highest BCUT2D eigenvalue weighted by Crippen LogP contribution is 2.24. The molecule has 2 aromatic rings. The van der Waals surface area contributed by atoms with Crippen LogP contribution in [0.3, 0.4) is 0 Å². The summed E-state index contributed by atoms with van der Waals surface area (Å²) in [5.41, 5.74) is 0.578. The third kappa shape index (κ3) is 4.54. The number of nitrogens with one attached hydrogen (secondary N) is 1. The predicted molar refractivity (Wildman–Crippen MR) is 106 cm³/mol. The Labute approximate surface area is 165 Å². The van der Waals surface area contributed by atoms with Crippen LogP contribution in [0.25, 0.3) is 0 Å². The molecule has 28 heavy (non-hydrogen) atoms. The third-order valence-corrected chi connectivity index (χ3v) is 5.50. The zero-order chi connectivity index (χ0) is 19.2. The number of aromatic nitrogens is 1. The van der Waals surface area contributed by atoms with Crippen molar-refractivity contribution in [3.05, 3.63) is 48.0 Å². The van der Waals surface area contributed by atoms with E-state index in [1.54, 1.807) is 12.5 Å². The van der Waals surface area contributed by atoms with E-state index in [4.69, 9.17) is 9.15 Å². The molecular formula is C21H28N4O3. The number of rotatable bonds is 6. The largest absolute Gasteiger partial charge is 0.468 e. The summed E-state index contributed by atoms with van der Waals surface area (Å²) in [6, 6.07) is 7.72. The van der Waals surface area contributed by atoms with Gasteiger partial charge in [0.05, 0.1) is 31.1 Å². The van der Waals surface area contributed by atoms with Crippen LogP contribution in [0, 0.1) is 0 Å². The maximum Gasteiger partial charge on any atom is 0.252 e. The second kappa shape index (κ2) is 9.21. The number of anilines is 1. The molecular weight excluding hydrogens is 356 g/mol. The maximum atomic E-state index is 12.7. The van der Waals surface area contributed by atoms with E-state index >= 15 is 0 Å². The van der Waals surface area contributed by atoms with Crippen molar-refractivity contribution in [1.29, 1.82) is 0 Å². The SMILES string of the molecule is O=C(NCC(c1ccco1)N1CCCCC1)c1ccc(N2CCOCC2)nc1. The first-order valence-electron chi connectivity index (χ1n) is 10.2. The van der Waals surface area contributed by atoms with Crippen LogP contribution in [0.4, 0.5) is 5.82 Å². The Kier molecular flexibility index (Phi) is 6.24. The minimum absolute atomic E-state index is 0.0693. The van der Waals surface area contributed by atoms with Gasteiger partial charge in [-0.25, -0.2) is 4.98 Å². The number of hydrogen-bond donors (Lipinski definition) is 1. The van der Waals surface area contributed by atoms with Gasteiger partial charge in [-0.3, -0.25) is 9.69 Å². The number of furan rings is 1. The quantitative estimate of drug-likeness (QED) is 0.825. The zero-order valence-corrected chi connectivity index (χ0v) is 16.2. The van der Waals surface area contributed by atoms with E-state index in [-0.39, 0.29) is 11.9 Å². The highest BCUT2D eigenvalue weighted by Gasteiger charge is 2.25. The van der Waals surface area contributed by atoms with Crippen LogP contribution < -0.4 is 10.2 Å². The molecule has 1 atom stereocenters. The minimum atomic E-state index is -0.102. The Morgan fingerprint density at radius 1 is 1.11 bits per heavy atom. The number of hydrogen-bond acceptors (Lipinski definition) is 6. The molecule has 150 valence electrons. The van der Waals surface area contributed by atoms with Crippen LogP contribution >= 0.6 is 0 Å². The highest BCUT2D eigenvalue weighted by molar-refractivity contribution is 5.94. The Morgan fingerprint density at radius 3 is 2.61 bits per heavy atom. The molecule has 0 radical (unpaired) electrons. The molecule has 1 unspecified atom stereocenters. The number of ether oxygens (including phenoxy) is 1. The summed E-state index contributed by atoms with van der Waals surface area (Å²) in [6.07, 6.45) is 7.01. The van der Waals surface area contributed by atoms with Gasteiger partial charge in [-0.1, -0.05) is 6.42 Å². The summed E-state index contributed by atoms with van der Waals surface area (Å²) in [6.45, 7) is 5.70. The van der Waals surface area contributed by atoms with E-state index in [0.29, 0.717) is 25.3 Å².